The zero-order valence-electron chi connectivity index (χ0n) is 21.1. The number of unbranched alkanes of at least 4 members (excludes halogenated alkanes) is 3. The van der Waals surface area contributed by atoms with Crippen LogP contribution in [0.5, 0.6) is 0 Å². The summed E-state index contributed by atoms with van der Waals surface area (Å²) in [6.45, 7) is 8.96. The van der Waals surface area contributed by atoms with Crippen molar-refractivity contribution in [3.63, 3.8) is 0 Å². The highest BCUT2D eigenvalue weighted by Crippen LogP contribution is 2.24. The van der Waals surface area contributed by atoms with Crippen LogP contribution in [0, 0.1) is 5.82 Å². The number of benzene rings is 2. The molecular weight excluding hydrogens is 435 g/mol. The van der Waals surface area contributed by atoms with E-state index in [0.29, 0.717) is 23.9 Å². The Morgan fingerprint density at radius 1 is 1.00 bits per heavy atom. The van der Waals surface area contributed by atoms with Crippen molar-refractivity contribution in [1.82, 2.24) is 9.97 Å². The molecule has 2 aromatic carbocycles. The Morgan fingerprint density at radius 3 is 2.46 bits per heavy atom. The number of ether oxygens (including phenoxy) is 1. The van der Waals surface area contributed by atoms with E-state index in [1.807, 2.05) is 6.07 Å². The Balaban J connectivity index is 1.49. The fourth-order valence-electron chi connectivity index (χ4n) is 3.90. The van der Waals surface area contributed by atoms with E-state index in [-0.39, 0.29) is 5.82 Å². The molecule has 1 atom stereocenters. The van der Waals surface area contributed by atoms with Crippen molar-refractivity contribution in [3.8, 4) is 22.5 Å². The molecule has 0 saturated carbocycles. The molecule has 0 amide bonds. The van der Waals surface area contributed by atoms with Crippen LogP contribution in [-0.2, 0) is 11.2 Å². The second-order valence-electron chi connectivity index (χ2n) is 8.95. The number of aromatic nitrogens is 2. The van der Waals surface area contributed by atoms with Gasteiger partial charge in [0, 0.05) is 24.6 Å². The lowest BCUT2D eigenvalue weighted by molar-refractivity contribution is 0.0566. The number of allylic oxidation sites excluding steroid dienone is 2. The predicted molar refractivity (Wildman–Crippen MR) is 145 cm³/mol. The Kier molecular flexibility index (Phi) is 10.8. The maximum Gasteiger partial charge on any atom is 0.162 e. The molecule has 0 aliphatic heterocycles. The van der Waals surface area contributed by atoms with Crippen molar-refractivity contribution in [2.24, 2.45) is 0 Å². The Morgan fingerprint density at radius 2 is 1.77 bits per heavy atom. The molecule has 1 aromatic heterocycles. The molecule has 0 fully saturated rings. The molecule has 0 spiro atoms. The number of hydrogen-bond donors (Lipinski definition) is 0. The molecule has 0 saturated heterocycles. The molecule has 0 bridgehead atoms. The molecule has 1 unspecified atom stereocenters. The topological polar surface area (TPSA) is 35.0 Å². The number of nitrogens with zero attached hydrogens (tertiary/aromatic N) is 2. The minimum atomic E-state index is -0.317. The summed E-state index contributed by atoms with van der Waals surface area (Å²) in [5, 5.41) is 0. The average Bonchev–Trinajstić information content (AvgIpc) is 2.87. The van der Waals surface area contributed by atoms with E-state index in [1.54, 1.807) is 24.5 Å². The zero-order chi connectivity index (χ0) is 24.9. The van der Waals surface area contributed by atoms with Gasteiger partial charge in [-0.1, -0.05) is 68.3 Å². The van der Waals surface area contributed by atoms with Gasteiger partial charge in [-0.2, -0.15) is 0 Å². The Labute approximate surface area is 209 Å². The lowest BCUT2D eigenvalue weighted by Crippen LogP contribution is -2.08. The molecule has 3 rings (SSSR count). The van der Waals surface area contributed by atoms with Gasteiger partial charge in [0.1, 0.15) is 5.82 Å². The minimum absolute atomic E-state index is 0.317. The van der Waals surface area contributed by atoms with Crippen LogP contribution in [-0.4, -0.2) is 22.7 Å². The molecule has 0 radical (unpaired) electrons. The molecule has 35 heavy (non-hydrogen) atoms. The van der Waals surface area contributed by atoms with Crippen LogP contribution in [0.15, 0.2) is 73.6 Å². The van der Waals surface area contributed by atoms with Gasteiger partial charge in [-0.15, -0.1) is 6.58 Å². The number of halogens is 1. The highest BCUT2D eigenvalue weighted by atomic mass is 19.1. The number of hydrogen-bond acceptors (Lipinski definition) is 3. The van der Waals surface area contributed by atoms with E-state index in [2.05, 4.69) is 66.8 Å². The number of rotatable bonds is 14. The van der Waals surface area contributed by atoms with Crippen LogP contribution in [0.4, 0.5) is 4.39 Å². The third-order valence-corrected chi connectivity index (χ3v) is 5.99. The van der Waals surface area contributed by atoms with E-state index < -0.39 is 0 Å². The smallest absolute Gasteiger partial charge is 0.162 e. The Bertz CT molecular complexity index is 1070. The van der Waals surface area contributed by atoms with Gasteiger partial charge in [0.25, 0.3) is 0 Å². The summed E-state index contributed by atoms with van der Waals surface area (Å²) < 4.78 is 20.3. The van der Waals surface area contributed by atoms with Crippen LogP contribution in [0.25, 0.3) is 28.6 Å². The van der Waals surface area contributed by atoms with E-state index in [9.17, 15) is 4.39 Å². The maximum absolute atomic E-state index is 14.5. The fourth-order valence-corrected chi connectivity index (χ4v) is 3.90. The van der Waals surface area contributed by atoms with Gasteiger partial charge in [-0.3, -0.25) is 0 Å². The van der Waals surface area contributed by atoms with Gasteiger partial charge in [0.2, 0.25) is 0 Å². The van der Waals surface area contributed by atoms with Gasteiger partial charge < -0.3 is 4.74 Å². The van der Waals surface area contributed by atoms with E-state index >= 15 is 0 Å². The molecule has 3 nitrogen and oxygen atoms in total. The largest absolute Gasteiger partial charge is 0.379 e. The summed E-state index contributed by atoms with van der Waals surface area (Å²) in [7, 11) is 0. The van der Waals surface area contributed by atoms with Crippen molar-refractivity contribution in [2.45, 2.75) is 64.9 Å². The first-order valence-electron chi connectivity index (χ1n) is 12.7. The lowest BCUT2D eigenvalue weighted by atomic mass is 10.1. The lowest BCUT2D eigenvalue weighted by Gasteiger charge is -2.12. The molecule has 0 N–H and O–H groups in total. The molecule has 1 heterocycles. The highest BCUT2D eigenvalue weighted by molar-refractivity contribution is 5.66. The van der Waals surface area contributed by atoms with Gasteiger partial charge in [0.15, 0.2) is 5.82 Å². The van der Waals surface area contributed by atoms with E-state index in [1.165, 1.54) is 18.9 Å². The predicted octanol–water partition coefficient (Wildman–Crippen LogP) is 8.46. The monoisotopic (exact) mass is 472 g/mol. The van der Waals surface area contributed by atoms with Crippen LogP contribution in [0.3, 0.4) is 0 Å². The minimum Gasteiger partial charge on any atom is -0.379 e. The first kappa shape index (κ1) is 26.5. The summed E-state index contributed by atoms with van der Waals surface area (Å²) in [5.74, 6) is 0.0684. The molecular formula is C31H37FN2O. The quantitative estimate of drug-likeness (QED) is 0.174. The molecule has 184 valence electrons. The molecule has 4 heteroatoms. The summed E-state index contributed by atoms with van der Waals surface area (Å²) >= 11 is 0. The molecule has 0 aliphatic carbocycles. The molecule has 3 aromatic rings. The van der Waals surface area contributed by atoms with Crippen molar-refractivity contribution in [1.29, 1.82) is 0 Å². The maximum atomic E-state index is 14.5. The summed E-state index contributed by atoms with van der Waals surface area (Å²) in [4.78, 5) is 8.80. The van der Waals surface area contributed by atoms with Crippen molar-refractivity contribution < 1.29 is 9.13 Å². The zero-order valence-corrected chi connectivity index (χ0v) is 21.1. The van der Waals surface area contributed by atoms with Crippen LogP contribution in [0.2, 0.25) is 0 Å². The van der Waals surface area contributed by atoms with Crippen molar-refractivity contribution in [2.75, 3.05) is 6.61 Å². The summed E-state index contributed by atoms with van der Waals surface area (Å²) in [6.07, 6.45) is 17.5. The molecule has 0 aliphatic rings. The average molecular weight is 473 g/mol. The van der Waals surface area contributed by atoms with Gasteiger partial charge in [-0.05, 0) is 67.9 Å². The summed E-state index contributed by atoms with van der Waals surface area (Å²) in [6, 6.07) is 13.4. The Hall–Kier alpha value is -3.11. The first-order valence-corrected chi connectivity index (χ1v) is 12.7. The standard InChI is InChI=1S/C31H37FN2O/c1-4-6-10-20-35-24(3)12-8-7-9-13-25-14-17-27(18-15-25)28-22-33-31(34-23-28)29-19-16-26(11-5-2)21-30(29)32/h5,9,13-19,21-24H,2,4,6-8,10-12,20H2,1,3H3/b13-9+. The first-order chi connectivity index (χ1) is 17.1. The van der Waals surface area contributed by atoms with Gasteiger partial charge >= 0.3 is 0 Å². The highest BCUT2D eigenvalue weighted by Gasteiger charge is 2.09. The van der Waals surface area contributed by atoms with Crippen LogP contribution in [0.1, 0.15) is 63.5 Å². The normalized spacial score (nSPS) is 12.2. The van der Waals surface area contributed by atoms with Crippen molar-refractivity contribution >= 4 is 6.08 Å². The van der Waals surface area contributed by atoms with Crippen LogP contribution < -0.4 is 0 Å². The fraction of sp³-hybridized carbons (Fsp3) is 0.355. The van der Waals surface area contributed by atoms with Crippen LogP contribution >= 0.6 is 0 Å². The van der Waals surface area contributed by atoms with E-state index in [0.717, 1.165) is 54.5 Å². The summed E-state index contributed by atoms with van der Waals surface area (Å²) in [5.41, 5.74) is 4.39. The SMILES string of the molecule is C=CCc1ccc(-c2ncc(-c3ccc(/C=C/CCCC(C)OCCCCC)cc3)cn2)c(F)c1. The van der Waals surface area contributed by atoms with E-state index in [4.69, 9.17) is 4.74 Å². The second kappa shape index (κ2) is 14.3. The third kappa shape index (κ3) is 8.56. The second-order valence-corrected chi connectivity index (χ2v) is 8.95. The van der Waals surface area contributed by atoms with Gasteiger partial charge in [0.05, 0.1) is 11.7 Å². The van der Waals surface area contributed by atoms with Gasteiger partial charge in [-0.25, -0.2) is 14.4 Å². The van der Waals surface area contributed by atoms with Crippen molar-refractivity contribution in [3.05, 3.63) is 90.5 Å². The third-order valence-electron chi connectivity index (χ3n) is 5.99.